The van der Waals surface area contributed by atoms with E-state index in [0.717, 1.165) is 27.8 Å². The summed E-state index contributed by atoms with van der Waals surface area (Å²) in [6.07, 6.45) is 0. The van der Waals surface area contributed by atoms with E-state index in [0.29, 0.717) is 0 Å². The van der Waals surface area contributed by atoms with Crippen molar-refractivity contribution in [2.45, 2.75) is 0 Å². The van der Waals surface area contributed by atoms with E-state index in [2.05, 4.69) is 217 Å². The van der Waals surface area contributed by atoms with Crippen LogP contribution in [0.15, 0.2) is 212 Å². The van der Waals surface area contributed by atoms with E-state index in [1.54, 1.807) is 0 Å². The second-order valence-corrected chi connectivity index (χ2v) is 16.6. The van der Waals surface area contributed by atoms with Gasteiger partial charge in [-0.05, 0) is 75.9 Å². The van der Waals surface area contributed by atoms with Gasteiger partial charge in [-0.25, -0.2) is 4.98 Å². The fraction of sp³-hybridized carbons (Fsp3) is 0. The molecule has 262 valence electrons. The number of hydrogen-bond acceptors (Lipinski definition) is 1. The van der Waals surface area contributed by atoms with Gasteiger partial charge in [0.1, 0.15) is 0 Å². The van der Waals surface area contributed by atoms with E-state index in [4.69, 9.17) is 4.98 Å². The van der Waals surface area contributed by atoms with Gasteiger partial charge in [-0.2, -0.15) is 0 Å². The Balaban J connectivity index is 1.19. The first kappa shape index (κ1) is 32.6. The third-order valence-electron chi connectivity index (χ3n) is 11.1. The van der Waals surface area contributed by atoms with Crippen molar-refractivity contribution in [2.24, 2.45) is 0 Å². The van der Waals surface area contributed by atoms with Crippen LogP contribution in [0, 0.1) is 0 Å². The minimum atomic E-state index is -0.705. The third-order valence-corrected chi connectivity index (χ3v) is 13.6. The van der Waals surface area contributed by atoms with E-state index in [1.807, 2.05) is 0 Å². The van der Waals surface area contributed by atoms with Gasteiger partial charge >= 0.3 is 0 Å². The molecule has 2 nitrogen and oxygen atoms in total. The second-order valence-electron chi connectivity index (χ2n) is 14.3. The van der Waals surface area contributed by atoms with Gasteiger partial charge in [0, 0.05) is 38.4 Å². The molecule has 0 saturated carbocycles. The molecule has 0 aliphatic carbocycles. The summed E-state index contributed by atoms with van der Waals surface area (Å²) in [4.78, 5) is 5.47. The standard InChI is InChI=1S/C53H35N2P/c1-4-17-40(18-5-1)55-49-34-33-46-45-23-12-13-26-48(45)54-52(39-28-27-36-15-10-11-16-38(36)35-39)51(46)50(49)47-25-14-24-44(53(47)55)37-29-31-43(32-30-37)56(41-19-6-2-7-20-41)42-21-8-3-9-22-42/h1-35H. The summed E-state index contributed by atoms with van der Waals surface area (Å²) in [5.74, 6) is 0. The lowest BCUT2D eigenvalue weighted by atomic mass is 9.94. The average Bonchev–Trinajstić information content (AvgIpc) is 3.62. The van der Waals surface area contributed by atoms with Gasteiger partial charge in [-0.1, -0.05) is 182 Å². The van der Waals surface area contributed by atoms with Gasteiger partial charge in [0.25, 0.3) is 0 Å². The number of pyridine rings is 1. The molecule has 0 fully saturated rings. The number of rotatable bonds is 6. The summed E-state index contributed by atoms with van der Waals surface area (Å²) in [5.41, 5.74) is 9.01. The van der Waals surface area contributed by atoms with Crippen LogP contribution in [0.3, 0.4) is 0 Å². The lowest BCUT2D eigenvalue weighted by molar-refractivity contribution is 1.18. The number of aromatic nitrogens is 2. The molecule has 0 radical (unpaired) electrons. The highest BCUT2D eigenvalue weighted by Crippen LogP contribution is 2.45. The Morgan fingerprint density at radius 1 is 0.393 bits per heavy atom. The van der Waals surface area contributed by atoms with Crippen molar-refractivity contribution in [1.29, 1.82) is 0 Å². The van der Waals surface area contributed by atoms with Crippen molar-refractivity contribution >= 4 is 78.1 Å². The number of hydrogen-bond donors (Lipinski definition) is 0. The molecule has 9 aromatic carbocycles. The van der Waals surface area contributed by atoms with Gasteiger partial charge in [0.2, 0.25) is 0 Å². The zero-order valence-corrected chi connectivity index (χ0v) is 31.4. The van der Waals surface area contributed by atoms with Crippen LogP contribution in [-0.4, -0.2) is 9.55 Å². The molecule has 0 spiro atoms. The Hall–Kier alpha value is -6.86. The smallest absolute Gasteiger partial charge is 0.0795 e. The van der Waals surface area contributed by atoms with E-state index >= 15 is 0 Å². The number of nitrogens with zero attached hydrogens (tertiary/aromatic N) is 2. The van der Waals surface area contributed by atoms with Crippen LogP contribution in [0.5, 0.6) is 0 Å². The Morgan fingerprint density at radius 3 is 1.75 bits per heavy atom. The first-order valence-corrected chi connectivity index (χ1v) is 20.5. The summed E-state index contributed by atoms with van der Waals surface area (Å²) in [6, 6.07) is 77.4. The molecule has 11 aromatic rings. The van der Waals surface area contributed by atoms with E-state index in [1.165, 1.54) is 70.4 Å². The quantitative estimate of drug-likeness (QED) is 0.123. The summed E-state index contributed by atoms with van der Waals surface area (Å²) in [6.45, 7) is 0. The lowest BCUT2D eigenvalue weighted by Crippen LogP contribution is -2.20. The van der Waals surface area contributed by atoms with E-state index in [-0.39, 0.29) is 0 Å². The van der Waals surface area contributed by atoms with E-state index < -0.39 is 7.92 Å². The Labute approximate surface area is 326 Å². The molecular formula is C53H35N2P. The monoisotopic (exact) mass is 730 g/mol. The highest BCUT2D eigenvalue weighted by atomic mass is 31.1. The molecule has 56 heavy (non-hydrogen) atoms. The van der Waals surface area contributed by atoms with Crippen LogP contribution in [0.2, 0.25) is 0 Å². The highest BCUT2D eigenvalue weighted by molar-refractivity contribution is 7.79. The topological polar surface area (TPSA) is 17.8 Å². The maximum atomic E-state index is 5.47. The van der Waals surface area contributed by atoms with Gasteiger partial charge in [0.05, 0.1) is 22.2 Å². The molecule has 0 bridgehead atoms. The van der Waals surface area contributed by atoms with Gasteiger partial charge < -0.3 is 4.57 Å². The minimum Gasteiger partial charge on any atom is -0.309 e. The molecule has 2 aromatic heterocycles. The molecular weight excluding hydrogens is 696 g/mol. The molecule has 0 unspecified atom stereocenters. The van der Waals surface area contributed by atoms with Gasteiger partial charge in [-0.15, -0.1) is 0 Å². The van der Waals surface area contributed by atoms with Crippen molar-refractivity contribution in [3.63, 3.8) is 0 Å². The normalized spacial score (nSPS) is 11.7. The molecule has 2 heterocycles. The second kappa shape index (κ2) is 13.5. The van der Waals surface area contributed by atoms with Crippen molar-refractivity contribution in [3.05, 3.63) is 212 Å². The first-order chi connectivity index (χ1) is 27.8. The molecule has 0 aliphatic heterocycles. The van der Waals surface area contributed by atoms with Crippen LogP contribution in [-0.2, 0) is 0 Å². The van der Waals surface area contributed by atoms with Crippen molar-refractivity contribution in [2.75, 3.05) is 0 Å². The number of benzene rings is 9. The third kappa shape index (κ3) is 5.34. The summed E-state index contributed by atoms with van der Waals surface area (Å²) >= 11 is 0. The SMILES string of the molecule is c1ccc(-n2c3ccc4c5ccccc5nc(-c5ccc6ccccc6c5)c4c3c3cccc(-c4ccc(P(c5ccccc5)c5ccccc5)cc4)c32)cc1. The van der Waals surface area contributed by atoms with Crippen molar-refractivity contribution < 1.29 is 0 Å². The zero-order chi connectivity index (χ0) is 37.0. The molecule has 0 atom stereocenters. The summed E-state index contributed by atoms with van der Waals surface area (Å²) in [7, 11) is -0.705. The Morgan fingerprint density at radius 2 is 1.00 bits per heavy atom. The fourth-order valence-electron chi connectivity index (χ4n) is 8.62. The van der Waals surface area contributed by atoms with Crippen LogP contribution < -0.4 is 15.9 Å². The lowest BCUT2D eigenvalue weighted by Gasteiger charge is -2.20. The summed E-state index contributed by atoms with van der Waals surface area (Å²) in [5, 5.41) is 12.5. The highest BCUT2D eigenvalue weighted by Gasteiger charge is 2.23. The van der Waals surface area contributed by atoms with E-state index in [9.17, 15) is 0 Å². The molecule has 11 rings (SSSR count). The summed E-state index contributed by atoms with van der Waals surface area (Å²) < 4.78 is 2.47. The number of fused-ring (bicyclic) bond motifs is 8. The van der Waals surface area contributed by atoms with Crippen molar-refractivity contribution in [1.82, 2.24) is 9.55 Å². The van der Waals surface area contributed by atoms with Crippen LogP contribution >= 0.6 is 7.92 Å². The van der Waals surface area contributed by atoms with Crippen LogP contribution in [0.1, 0.15) is 0 Å². The van der Waals surface area contributed by atoms with Gasteiger partial charge in [-0.3, -0.25) is 0 Å². The largest absolute Gasteiger partial charge is 0.309 e. The molecule has 0 saturated heterocycles. The van der Waals surface area contributed by atoms with Crippen LogP contribution in [0.25, 0.3) is 82.3 Å². The molecule has 0 amide bonds. The Kier molecular flexibility index (Phi) is 7.83. The maximum Gasteiger partial charge on any atom is 0.0795 e. The fourth-order valence-corrected chi connectivity index (χ4v) is 10.9. The van der Waals surface area contributed by atoms with Gasteiger partial charge in [0.15, 0.2) is 0 Å². The predicted molar refractivity (Wildman–Crippen MR) is 241 cm³/mol. The zero-order valence-electron chi connectivity index (χ0n) is 30.5. The van der Waals surface area contributed by atoms with Crippen molar-refractivity contribution in [3.8, 4) is 28.1 Å². The molecule has 3 heteroatoms. The number of para-hydroxylation sites is 3. The average molecular weight is 731 g/mol. The Bertz CT molecular complexity index is 3190. The molecule has 0 aliphatic rings. The maximum absolute atomic E-state index is 5.47. The first-order valence-electron chi connectivity index (χ1n) is 19.1. The van der Waals surface area contributed by atoms with Crippen LogP contribution in [0.4, 0.5) is 0 Å². The molecule has 0 N–H and O–H groups in total. The predicted octanol–water partition coefficient (Wildman–Crippen LogP) is 12.7. The minimum absolute atomic E-state index is 0.705.